The van der Waals surface area contributed by atoms with E-state index in [-0.39, 0.29) is 10.8 Å². The molecular formula is C34H30O2. The summed E-state index contributed by atoms with van der Waals surface area (Å²) < 4.78 is 12.2. The maximum atomic E-state index is 6.10. The minimum absolute atomic E-state index is 0.121. The van der Waals surface area contributed by atoms with Crippen molar-refractivity contribution < 1.29 is 9.47 Å². The molecule has 0 unspecified atom stereocenters. The standard InChI is InChI=1S/C34H30O2/c1-35-27-17-15-21-9-7-19-33-26-14-6-4-12-24(26)30-28(36-2)18-16-22-10-8-20-34(33,32(22)30)25-13-5-3-11-23(25)29(27)31(21)33/h3-6,11-18H,7-10,19-20H2,1-2H3/t33-,34-/m0/s1. The molecule has 8 rings (SSSR count). The van der Waals surface area contributed by atoms with Crippen LogP contribution in [0.4, 0.5) is 0 Å². The van der Waals surface area contributed by atoms with E-state index in [0.29, 0.717) is 0 Å². The Labute approximate surface area is 212 Å². The van der Waals surface area contributed by atoms with Gasteiger partial charge in [-0.15, -0.1) is 0 Å². The Kier molecular flexibility index (Phi) is 4.03. The maximum Gasteiger partial charge on any atom is 0.127 e. The van der Waals surface area contributed by atoms with Crippen LogP contribution < -0.4 is 9.47 Å². The van der Waals surface area contributed by atoms with Gasteiger partial charge in [-0.2, -0.15) is 0 Å². The molecule has 0 bridgehead atoms. The first-order valence-corrected chi connectivity index (χ1v) is 13.4. The molecule has 4 aliphatic carbocycles. The molecule has 4 aliphatic rings. The number of ether oxygens (including phenoxy) is 2. The molecule has 2 atom stereocenters. The summed E-state index contributed by atoms with van der Waals surface area (Å²) in [6.07, 6.45) is 6.97. The first-order chi connectivity index (χ1) is 17.8. The van der Waals surface area contributed by atoms with Crippen molar-refractivity contribution in [3.05, 3.63) is 106 Å². The van der Waals surface area contributed by atoms with Gasteiger partial charge < -0.3 is 9.47 Å². The zero-order valence-electron chi connectivity index (χ0n) is 21.0. The monoisotopic (exact) mass is 470 g/mol. The van der Waals surface area contributed by atoms with Crippen LogP contribution in [0.25, 0.3) is 22.3 Å². The summed E-state index contributed by atoms with van der Waals surface area (Å²) in [5, 5.41) is 0. The second-order valence-electron chi connectivity index (χ2n) is 11.0. The first kappa shape index (κ1) is 20.7. The van der Waals surface area contributed by atoms with Crippen LogP contribution >= 0.6 is 0 Å². The smallest absolute Gasteiger partial charge is 0.127 e. The van der Waals surface area contributed by atoms with Gasteiger partial charge in [-0.1, -0.05) is 60.7 Å². The van der Waals surface area contributed by atoms with Gasteiger partial charge in [-0.25, -0.2) is 0 Å². The van der Waals surface area contributed by atoms with Crippen LogP contribution in [0.2, 0.25) is 0 Å². The molecular weight excluding hydrogens is 440 g/mol. The predicted octanol–water partition coefficient (Wildman–Crippen LogP) is 7.61. The van der Waals surface area contributed by atoms with Gasteiger partial charge >= 0.3 is 0 Å². The summed E-state index contributed by atoms with van der Waals surface area (Å²) in [7, 11) is 3.66. The number of methoxy groups -OCH3 is 2. The molecule has 36 heavy (non-hydrogen) atoms. The highest BCUT2D eigenvalue weighted by Gasteiger charge is 2.64. The molecule has 0 N–H and O–H groups in total. The predicted molar refractivity (Wildman–Crippen MR) is 144 cm³/mol. The Morgan fingerprint density at radius 2 is 1.00 bits per heavy atom. The van der Waals surface area contributed by atoms with Crippen LogP contribution in [0.1, 0.15) is 59.1 Å². The summed E-state index contributed by atoms with van der Waals surface area (Å²) in [6, 6.07) is 27.6. The SMILES string of the molecule is COc1ccc2c3c1-c1ccccc1[C@@]14CCCc5ccc(OC)c(c51)-c1ccccc1[C@@]34CCC2. The lowest BCUT2D eigenvalue weighted by Crippen LogP contribution is -2.58. The van der Waals surface area contributed by atoms with Crippen molar-refractivity contribution in [1.29, 1.82) is 0 Å². The average Bonchev–Trinajstić information content (AvgIpc) is 2.94. The minimum Gasteiger partial charge on any atom is -0.496 e. The molecule has 2 spiro atoms. The van der Waals surface area contributed by atoms with Crippen LogP contribution in [0.5, 0.6) is 11.5 Å². The lowest BCUT2D eigenvalue weighted by molar-refractivity contribution is 0.228. The van der Waals surface area contributed by atoms with Gasteiger partial charge in [0.05, 0.1) is 14.2 Å². The van der Waals surface area contributed by atoms with Crippen LogP contribution in [-0.4, -0.2) is 14.2 Å². The number of benzene rings is 4. The highest BCUT2D eigenvalue weighted by Crippen LogP contribution is 2.72. The number of hydrogen-bond donors (Lipinski definition) is 0. The molecule has 0 aliphatic heterocycles. The van der Waals surface area contributed by atoms with Gasteiger partial charge in [-0.05, 0) is 95.2 Å². The molecule has 0 saturated heterocycles. The fourth-order valence-electron chi connectivity index (χ4n) is 8.86. The van der Waals surface area contributed by atoms with Gasteiger partial charge in [-0.3, -0.25) is 0 Å². The minimum atomic E-state index is -0.121. The van der Waals surface area contributed by atoms with Crippen molar-refractivity contribution in [2.24, 2.45) is 0 Å². The van der Waals surface area contributed by atoms with E-state index in [1.807, 2.05) is 14.2 Å². The highest BCUT2D eigenvalue weighted by atomic mass is 16.5. The van der Waals surface area contributed by atoms with E-state index in [4.69, 9.17) is 9.47 Å². The Morgan fingerprint density at radius 1 is 0.556 bits per heavy atom. The van der Waals surface area contributed by atoms with Gasteiger partial charge in [0.2, 0.25) is 0 Å². The van der Waals surface area contributed by atoms with Crippen molar-refractivity contribution >= 4 is 0 Å². The third kappa shape index (κ3) is 2.13. The Balaban J connectivity index is 1.67. The molecule has 2 heteroatoms. The van der Waals surface area contributed by atoms with Gasteiger partial charge in [0.25, 0.3) is 0 Å². The zero-order chi connectivity index (χ0) is 24.1. The summed E-state index contributed by atoms with van der Waals surface area (Å²) in [4.78, 5) is 0. The molecule has 0 fully saturated rings. The van der Waals surface area contributed by atoms with E-state index < -0.39 is 0 Å². The van der Waals surface area contributed by atoms with Crippen molar-refractivity contribution in [2.45, 2.75) is 49.4 Å². The molecule has 178 valence electrons. The summed E-state index contributed by atoms with van der Waals surface area (Å²) >= 11 is 0. The summed E-state index contributed by atoms with van der Waals surface area (Å²) in [5.41, 5.74) is 14.1. The van der Waals surface area contributed by atoms with Crippen molar-refractivity contribution in [1.82, 2.24) is 0 Å². The Morgan fingerprint density at radius 3 is 1.44 bits per heavy atom. The largest absolute Gasteiger partial charge is 0.496 e. The molecule has 4 aromatic rings. The van der Waals surface area contributed by atoms with Crippen LogP contribution in [-0.2, 0) is 23.7 Å². The zero-order valence-corrected chi connectivity index (χ0v) is 21.0. The fourth-order valence-corrected chi connectivity index (χ4v) is 8.86. The van der Waals surface area contributed by atoms with E-state index in [9.17, 15) is 0 Å². The second kappa shape index (κ2) is 7.03. The van der Waals surface area contributed by atoms with Crippen LogP contribution in [0, 0.1) is 0 Å². The summed E-state index contributed by atoms with van der Waals surface area (Å²) in [5.74, 6) is 2.00. The van der Waals surface area contributed by atoms with Crippen LogP contribution in [0.3, 0.4) is 0 Å². The Hall–Kier alpha value is -3.52. The first-order valence-electron chi connectivity index (χ1n) is 13.4. The average molecular weight is 471 g/mol. The van der Waals surface area contributed by atoms with Crippen LogP contribution in [0.15, 0.2) is 72.8 Å². The van der Waals surface area contributed by atoms with Gasteiger partial charge in [0, 0.05) is 22.0 Å². The lowest BCUT2D eigenvalue weighted by Gasteiger charge is -2.63. The maximum absolute atomic E-state index is 6.10. The number of rotatable bonds is 2. The van der Waals surface area contributed by atoms with Crippen molar-refractivity contribution in [3.8, 4) is 33.8 Å². The lowest BCUT2D eigenvalue weighted by atomic mass is 9.39. The van der Waals surface area contributed by atoms with E-state index >= 15 is 0 Å². The number of fused-ring (bicyclic) bond motifs is 4. The number of aryl methyl sites for hydroxylation is 2. The third-order valence-corrected chi connectivity index (χ3v) is 9.84. The van der Waals surface area contributed by atoms with Crippen molar-refractivity contribution in [2.75, 3.05) is 14.2 Å². The molecule has 0 radical (unpaired) electrons. The topological polar surface area (TPSA) is 18.5 Å². The normalized spacial score (nSPS) is 23.9. The van der Waals surface area contributed by atoms with Gasteiger partial charge in [0.1, 0.15) is 11.5 Å². The van der Waals surface area contributed by atoms with E-state index in [1.165, 1.54) is 68.5 Å². The third-order valence-electron chi connectivity index (χ3n) is 9.84. The molecule has 0 heterocycles. The molecule has 0 saturated carbocycles. The molecule has 0 aromatic heterocycles. The van der Waals surface area contributed by atoms with Gasteiger partial charge in [0.15, 0.2) is 0 Å². The van der Waals surface area contributed by atoms with Crippen molar-refractivity contribution in [3.63, 3.8) is 0 Å². The highest BCUT2D eigenvalue weighted by molar-refractivity contribution is 5.94. The molecule has 2 nitrogen and oxygen atoms in total. The van der Waals surface area contributed by atoms with E-state index in [2.05, 4.69) is 72.8 Å². The Bertz CT molecular complexity index is 1460. The molecule has 4 aromatic carbocycles. The molecule has 0 amide bonds. The second-order valence-corrected chi connectivity index (χ2v) is 11.0. The quantitative estimate of drug-likeness (QED) is 0.300. The fraction of sp³-hybridized carbons (Fsp3) is 0.294. The summed E-state index contributed by atoms with van der Waals surface area (Å²) in [6.45, 7) is 0. The van der Waals surface area contributed by atoms with E-state index in [1.54, 1.807) is 0 Å². The number of hydrogen-bond acceptors (Lipinski definition) is 2. The van der Waals surface area contributed by atoms with E-state index in [0.717, 1.165) is 37.2 Å².